The summed E-state index contributed by atoms with van der Waals surface area (Å²) in [5.74, 6) is 0.0695. The third-order valence-corrected chi connectivity index (χ3v) is 6.02. The number of aryl methyl sites for hydroxylation is 1. The first-order valence-corrected chi connectivity index (χ1v) is 10.6. The van der Waals surface area contributed by atoms with Crippen LogP contribution in [0.15, 0.2) is 59.6 Å². The molecule has 158 valence electrons. The van der Waals surface area contributed by atoms with Gasteiger partial charge in [0.15, 0.2) is 0 Å². The van der Waals surface area contributed by atoms with E-state index in [0.29, 0.717) is 38.3 Å². The lowest BCUT2D eigenvalue weighted by atomic mass is 10.1. The number of nitrogens with one attached hydrogen (secondary N) is 1. The largest absolute Gasteiger partial charge is 0.497 e. The van der Waals surface area contributed by atoms with E-state index in [9.17, 15) is 9.59 Å². The van der Waals surface area contributed by atoms with Crippen molar-refractivity contribution in [2.45, 2.75) is 6.92 Å². The summed E-state index contributed by atoms with van der Waals surface area (Å²) in [6.45, 7) is 1.88. The second-order valence-corrected chi connectivity index (χ2v) is 8.21. The summed E-state index contributed by atoms with van der Waals surface area (Å²) in [7, 11) is 3.02. The molecule has 0 unspecified atom stereocenters. The van der Waals surface area contributed by atoms with Crippen molar-refractivity contribution in [2.24, 2.45) is 0 Å². The molecule has 0 bridgehead atoms. The Balaban J connectivity index is 1.82. The van der Waals surface area contributed by atoms with Crippen molar-refractivity contribution >= 4 is 51.7 Å². The predicted octanol–water partition coefficient (Wildman–Crippen LogP) is 5.12. The molecule has 0 fully saturated rings. The van der Waals surface area contributed by atoms with Crippen LogP contribution in [0.25, 0.3) is 5.57 Å². The predicted molar refractivity (Wildman–Crippen MR) is 123 cm³/mol. The summed E-state index contributed by atoms with van der Waals surface area (Å²) in [6.07, 6.45) is 0. The van der Waals surface area contributed by atoms with Crippen LogP contribution >= 0.6 is 22.9 Å². The van der Waals surface area contributed by atoms with Crippen LogP contribution in [0, 0.1) is 6.92 Å². The number of imide groups is 1. The molecule has 0 saturated heterocycles. The highest BCUT2D eigenvalue weighted by Gasteiger charge is 2.41. The number of thiophene rings is 1. The Bertz CT molecular complexity index is 1180. The van der Waals surface area contributed by atoms with Gasteiger partial charge in [-0.1, -0.05) is 17.7 Å². The van der Waals surface area contributed by atoms with Crippen molar-refractivity contribution in [1.29, 1.82) is 0 Å². The molecule has 1 aromatic heterocycles. The summed E-state index contributed by atoms with van der Waals surface area (Å²) in [5.41, 5.74) is 2.44. The molecule has 4 rings (SSSR count). The second-order valence-electron chi connectivity index (χ2n) is 6.83. The average Bonchev–Trinajstić information content (AvgIpc) is 3.36. The van der Waals surface area contributed by atoms with Crippen molar-refractivity contribution in [3.05, 3.63) is 75.1 Å². The van der Waals surface area contributed by atoms with E-state index in [1.165, 1.54) is 25.6 Å². The van der Waals surface area contributed by atoms with E-state index in [2.05, 4.69) is 5.32 Å². The zero-order valence-electron chi connectivity index (χ0n) is 17.1. The molecule has 6 nitrogen and oxygen atoms in total. The fraction of sp³-hybridized carbons (Fsp3) is 0.130. The Morgan fingerprint density at radius 3 is 2.26 bits per heavy atom. The number of rotatable bonds is 6. The Labute approximate surface area is 188 Å². The van der Waals surface area contributed by atoms with E-state index < -0.39 is 11.8 Å². The molecule has 1 aliphatic rings. The maximum atomic E-state index is 13.5. The highest BCUT2D eigenvalue weighted by molar-refractivity contribution is 7.11. The number of hydrogen-bond acceptors (Lipinski definition) is 6. The molecule has 0 spiro atoms. The van der Waals surface area contributed by atoms with Crippen LogP contribution in [0.4, 0.5) is 11.4 Å². The second kappa shape index (κ2) is 8.45. The van der Waals surface area contributed by atoms with Gasteiger partial charge in [-0.3, -0.25) is 9.59 Å². The number of benzene rings is 2. The molecule has 2 heterocycles. The summed E-state index contributed by atoms with van der Waals surface area (Å²) >= 11 is 7.46. The Kier molecular flexibility index (Phi) is 5.71. The molecule has 0 saturated carbocycles. The van der Waals surface area contributed by atoms with Crippen molar-refractivity contribution in [2.75, 3.05) is 24.4 Å². The molecule has 2 amide bonds. The highest BCUT2D eigenvalue weighted by Crippen LogP contribution is 2.38. The zero-order valence-corrected chi connectivity index (χ0v) is 18.6. The van der Waals surface area contributed by atoms with Crippen LogP contribution in [0.3, 0.4) is 0 Å². The molecule has 0 radical (unpaired) electrons. The number of methoxy groups -OCH3 is 2. The zero-order chi connectivity index (χ0) is 22.1. The van der Waals surface area contributed by atoms with Gasteiger partial charge in [0.2, 0.25) is 0 Å². The monoisotopic (exact) mass is 454 g/mol. The number of anilines is 2. The van der Waals surface area contributed by atoms with Gasteiger partial charge in [-0.25, -0.2) is 4.90 Å². The summed E-state index contributed by atoms with van der Waals surface area (Å²) in [4.78, 5) is 28.8. The number of nitrogens with zero attached hydrogens (tertiary/aromatic N) is 1. The van der Waals surface area contributed by atoms with Gasteiger partial charge in [-0.15, -0.1) is 11.3 Å². The van der Waals surface area contributed by atoms with E-state index in [0.717, 1.165) is 10.5 Å². The summed E-state index contributed by atoms with van der Waals surface area (Å²) < 4.78 is 10.6. The molecule has 1 N–H and O–H groups in total. The van der Waals surface area contributed by atoms with Crippen LogP contribution in [0.1, 0.15) is 10.4 Å². The van der Waals surface area contributed by atoms with Gasteiger partial charge in [-0.2, -0.15) is 0 Å². The van der Waals surface area contributed by atoms with E-state index in [4.69, 9.17) is 21.1 Å². The van der Waals surface area contributed by atoms with Crippen molar-refractivity contribution in [3.8, 4) is 11.5 Å². The summed E-state index contributed by atoms with van der Waals surface area (Å²) in [5, 5.41) is 5.62. The van der Waals surface area contributed by atoms with Gasteiger partial charge in [0.05, 0.1) is 25.5 Å². The fourth-order valence-corrected chi connectivity index (χ4v) is 4.35. The highest BCUT2D eigenvalue weighted by atomic mass is 35.5. The van der Waals surface area contributed by atoms with Gasteiger partial charge in [0.1, 0.15) is 17.2 Å². The minimum atomic E-state index is -0.460. The van der Waals surface area contributed by atoms with Gasteiger partial charge in [-0.05, 0) is 42.1 Å². The third kappa shape index (κ3) is 3.89. The minimum absolute atomic E-state index is 0.208. The normalized spacial score (nSPS) is 13.7. The van der Waals surface area contributed by atoms with Crippen molar-refractivity contribution in [3.63, 3.8) is 0 Å². The minimum Gasteiger partial charge on any atom is -0.497 e. The van der Waals surface area contributed by atoms with Crippen LogP contribution in [0.5, 0.6) is 11.5 Å². The molecule has 31 heavy (non-hydrogen) atoms. The molecule has 0 atom stereocenters. The third-order valence-electron chi connectivity index (χ3n) is 4.89. The van der Waals surface area contributed by atoms with Gasteiger partial charge in [0.25, 0.3) is 11.8 Å². The lowest BCUT2D eigenvalue weighted by Crippen LogP contribution is -2.32. The number of hydrogen-bond donors (Lipinski definition) is 1. The SMILES string of the molecule is COc1cc(OC)cc(N2C(=O)C(Nc3ccc(Cl)cc3C)=C(c3cccs3)C2=O)c1. The maximum Gasteiger partial charge on any atom is 0.282 e. The first kappa shape index (κ1) is 21.0. The van der Waals surface area contributed by atoms with E-state index in [1.54, 1.807) is 36.4 Å². The number of halogens is 1. The van der Waals surface area contributed by atoms with Gasteiger partial charge < -0.3 is 14.8 Å². The number of amides is 2. The average molecular weight is 455 g/mol. The standard InChI is InChI=1S/C23H19ClN2O4S/c1-13-9-14(24)6-7-18(13)25-21-20(19-5-4-8-31-19)22(27)26(23(21)28)15-10-16(29-2)12-17(11-15)30-3/h4-12,25H,1-3H3. The summed E-state index contributed by atoms with van der Waals surface area (Å²) in [6, 6.07) is 13.9. The topological polar surface area (TPSA) is 67.9 Å². The maximum absolute atomic E-state index is 13.5. The molecule has 0 aliphatic carbocycles. The number of ether oxygens (including phenoxy) is 2. The van der Waals surface area contributed by atoms with Crippen LogP contribution in [-0.2, 0) is 9.59 Å². The molecule has 1 aliphatic heterocycles. The number of carbonyl (C=O) groups excluding carboxylic acids is 2. The molecular weight excluding hydrogens is 436 g/mol. The Hall–Kier alpha value is -3.29. The van der Waals surface area contributed by atoms with Crippen molar-refractivity contribution < 1.29 is 19.1 Å². The Morgan fingerprint density at radius 2 is 1.68 bits per heavy atom. The molecule has 3 aromatic rings. The quantitative estimate of drug-likeness (QED) is 0.523. The first-order chi connectivity index (χ1) is 14.9. The van der Waals surface area contributed by atoms with Crippen molar-refractivity contribution in [1.82, 2.24) is 0 Å². The smallest absolute Gasteiger partial charge is 0.282 e. The van der Waals surface area contributed by atoms with E-state index >= 15 is 0 Å². The van der Waals surface area contributed by atoms with Gasteiger partial charge in [0, 0.05) is 33.8 Å². The van der Waals surface area contributed by atoms with E-state index in [-0.39, 0.29) is 5.70 Å². The van der Waals surface area contributed by atoms with Crippen LogP contribution < -0.4 is 19.7 Å². The lowest BCUT2D eigenvalue weighted by molar-refractivity contribution is -0.120. The first-order valence-electron chi connectivity index (χ1n) is 9.36. The van der Waals surface area contributed by atoms with E-state index in [1.807, 2.05) is 24.4 Å². The van der Waals surface area contributed by atoms with Crippen LogP contribution in [0.2, 0.25) is 5.02 Å². The number of carbonyl (C=O) groups is 2. The Morgan fingerprint density at radius 1 is 0.968 bits per heavy atom. The molecule has 2 aromatic carbocycles. The van der Waals surface area contributed by atoms with Crippen LogP contribution in [-0.4, -0.2) is 26.0 Å². The lowest BCUT2D eigenvalue weighted by Gasteiger charge is -2.17. The van der Waals surface area contributed by atoms with Gasteiger partial charge >= 0.3 is 0 Å². The molecular formula is C23H19ClN2O4S. The molecule has 8 heteroatoms. The fourth-order valence-electron chi connectivity index (χ4n) is 3.35.